The first-order valence-electron chi connectivity index (χ1n) is 6.94. The predicted molar refractivity (Wildman–Crippen MR) is 89.5 cm³/mol. The summed E-state index contributed by atoms with van der Waals surface area (Å²) in [5.41, 5.74) is 1.25. The summed E-state index contributed by atoms with van der Waals surface area (Å²) in [6, 6.07) is 6.52. The number of benzene rings is 1. The minimum Gasteiger partial charge on any atom is -0.497 e. The van der Waals surface area contributed by atoms with E-state index in [2.05, 4.69) is 36.1 Å². The molecule has 0 spiro atoms. The van der Waals surface area contributed by atoms with Gasteiger partial charge in [0.25, 0.3) is 0 Å². The molecule has 2 unspecified atom stereocenters. The largest absolute Gasteiger partial charge is 0.497 e. The first kappa shape index (κ1) is 15.9. The lowest BCUT2D eigenvalue weighted by atomic mass is 10.0. The molecule has 1 aliphatic rings. The van der Waals surface area contributed by atoms with E-state index in [0.29, 0.717) is 11.3 Å². The molecule has 1 heterocycles. The zero-order chi connectivity index (χ0) is 14.4. The van der Waals surface area contributed by atoms with Gasteiger partial charge in [0.15, 0.2) is 0 Å². The van der Waals surface area contributed by atoms with Crippen LogP contribution in [0.1, 0.15) is 18.5 Å². The van der Waals surface area contributed by atoms with Crippen molar-refractivity contribution in [2.75, 3.05) is 38.0 Å². The maximum absolute atomic E-state index is 5.39. The van der Waals surface area contributed by atoms with Crippen LogP contribution in [0, 0.1) is 0 Å². The smallest absolute Gasteiger partial charge is 0.122 e. The summed E-state index contributed by atoms with van der Waals surface area (Å²) in [7, 11) is 3.40. The van der Waals surface area contributed by atoms with Crippen LogP contribution in [0.15, 0.2) is 18.2 Å². The summed E-state index contributed by atoms with van der Waals surface area (Å²) >= 11 is 4.12. The Morgan fingerprint density at radius 1 is 1.20 bits per heavy atom. The molecule has 1 aromatic rings. The average molecular weight is 313 g/mol. The van der Waals surface area contributed by atoms with Crippen LogP contribution < -0.4 is 14.8 Å². The highest BCUT2D eigenvalue weighted by atomic mass is 32.2. The molecule has 1 fully saturated rings. The summed E-state index contributed by atoms with van der Waals surface area (Å²) < 4.78 is 10.8. The number of nitrogens with one attached hydrogen (secondary N) is 1. The Morgan fingerprint density at radius 3 is 2.40 bits per heavy atom. The Bertz CT molecular complexity index is 400. The molecule has 0 aromatic heterocycles. The van der Waals surface area contributed by atoms with Gasteiger partial charge in [-0.2, -0.15) is 23.5 Å². The van der Waals surface area contributed by atoms with Gasteiger partial charge < -0.3 is 14.8 Å². The third-order valence-electron chi connectivity index (χ3n) is 3.37. The first-order chi connectivity index (χ1) is 9.78. The topological polar surface area (TPSA) is 30.5 Å². The Kier molecular flexibility index (Phi) is 6.39. The molecule has 0 aliphatic carbocycles. The summed E-state index contributed by atoms with van der Waals surface area (Å²) in [4.78, 5) is 0. The summed E-state index contributed by atoms with van der Waals surface area (Å²) in [6.45, 7) is 3.12. The van der Waals surface area contributed by atoms with Crippen LogP contribution in [0.2, 0.25) is 0 Å². The highest BCUT2D eigenvalue weighted by Crippen LogP contribution is 2.36. The lowest BCUT2D eigenvalue weighted by Crippen LogP contribution is -2.33. The molecule has 112 valence electrons. The van der Waals surface area contributed by atoms with E-state index >= 15 is 0 Å². The molecule has 3 nitrogen and oxygen atoms in total. The normalized spacial score (nSPS) is 20.4. The fourth-order valence-electron chi connectivity index (χ4n) is 2.39. The lowest BCUT2D eigenvalue weighted by Gasteiger charge is -2.30. The van der Waals surface area contributed by atoms with Crippen molar-refractivity contribution in [2.24, 2.45) is 0 Å². The molecular weight excluding hydrogens is 290 g/mol. The van der Waals surface area contributed by atoms with Crippen LogP contribution in [0.4, 0.5) is 0 Å². The fourth-order valence-corrected chi connectivity index (χ4v) is 5.26. The van der Waals surface area contributed by atoms with Crippen LogP contribution in [0.25, 0.3) is 0 Å². The number of hydrogen-bond acceptors (Lipinski definition) is 5. The Balaban J connectivity index is 2.27. The molecule has 0 saturated carbocycles. The standard InChI is InChI=1S/C15H23NO2S2/c1-4-16-15(14-10-19-5-6-20-14)11-7-12(17-2)9-13(8-11)18-3/h7-9,14-16H,4-6,10H2,1-3H3. The van der Waals surface area contributed by atoms with Crippen molar-refractivity contribution in [3.05, 3.63) is 23.8 Å². The quantitative estimate of drug-likeness (QED) is 0.871. The molecule has 1 saturated heterocycles. The minimum atomic E-state index is 0.349. The monoisotopic (exact) mass is 313 g/mol. The van der Waals surface area contributed by atoms with Crippen molar-refractivity contribution in [3.8, 4) is 11.5 Å². The number of hydrogen-bond donors (Lipinski definition) is 1. The fraction of sp³-hybridized carbons (Fsp3) is 0.600. The maximum atomic E-state index is 5.39. The molecule has 20 heavy (non-hydrogen) atoms. The molecule has 1 aromatic carbocycles. The van der Waals surface area contributed by atoms with E-state index in [-0.39, 0.29) is 0 Å². The molecule has 2 rings (SSSR count). The Hall–Kier alpha value is -0.520. The number of ether oxygens (including phenoxy) is 2. The molecule has 0 amide bonds. The first-order valence-corrected chi connectivity index (χ1v) is 9.14. The molecule has 0 radical (unpaired) electrons. The van der Waals surface area contributed by atoms with Gasteiger partial charge in [-0.25, -0.2) is 0 Å². The van der Waals surface area contributed by atoms with E-state index in [4.69, 9.17) is 9.47 Å². The SMILES string of the molecule is CCNC(c1cc(OC)cc(OC)c1)C1CSCCS1. The van der Waals surface area contributed by atoms with Gasteiger partial charge in [0.2, 0.25) is 0 Å². The van der Waals surface area contributed by atoms with Gasteiger partial charge in [-0.15, -0.1) is 0 Å². The van der Waals surface area contributed by atoms with Crippen LogP contribution in [0.3, 0.4) is 0 Å². The van der Waals surface area contributed by atoms with Crippen molar-refractivity contribution in [1.29, 1.82) is 0 Å². The average Bonchev–Trinajstić information content (AvgIpc) is 2.52. The molecule has 0 bridgehead atoms. The summed E-state index contributed by atoms with van der Waals surface area (Å²) in [5.74, 6) is 5.41. The third-order valence-corrected chi connectivity index (χ3v) is 6.23. The van der Waals surface area contributed by atoms with E-state index in [0.717, 1.165) is 18.0 Å². The predicted octanol–water partition coefficient (Wildman–Crippen LogP) is 3.20. The van der Waals surface area contributed by atoms with E-state index in [1.54, 1.807) is 14.2 Å². The van der Waals surface area contributed by atoms with Gasteiger partial charge >= 0.3 is 0 Å². The number of thioether (sulfide) groups is 2. The molecular formula is C15H23NO2S2. The van der Waals surface area contributed by atoms with Gasteiger partial charge in [-0.05, 0) is 24.2 Å². The summed E-state index contributed by atoms with van der Waals surface area (Å²) in [5, 5.41) is 4.23. The van der Waals surface area contributed by atoms with Gasteiger partial charge in [-0.1, -0.05) is 6.92 Å². The van der Waals surface area contributed by atoms with Gasteiger partial charge in [0.05, 0.1) is 14.2 Å². The molecule has 1 N–H and O–H groups in total. The van der Waals surface area contributed by atoms with Gasteiger partial charge in [0, 0.05) is 34.6 Å². The third kappa shape index (κ3) is 3.99. The maximum Gasteiger partial charge on any atom is 0.122 e. The number of methoxy groups -OCH3 is 2. The number of rotatable bonds is 6. The van der Waals surface area contributed by atoms with E-state index in [1.807, 2.05) is 17.8 Å². The molecule has 5 heteroatoms. The van der Waals surface area contributed by atoms with E-state index < -0.39 is 0 Å². The highest BCUT2D eigenvalue weighted by Gasteiger charge is 2.26. The van der Waals surface area contributed by atoms with Crippen molar-refractivity contribution >= 4 is 23.5 Å². The zero-order valence-electron chi connectivity index (χ0n) is 12.3. The van der Waals surface area contributed by atoms with Crippen LogP contribution >= 0.6 is 23.5 Å². The van der Waals surface area contributed by atoms with Crippen molar-refractivity contribution < 1.29 is 9.47 Å². The zero-order valence-corrected chi connectivity index (χ0v) is 14.0. The van der Waals surface area contributed by atoms with Crippen molar-refractivity contribution in [3.63, 3.8) is 0 Å². The minimum absolute atomic E-state index is 0.349. The van der Waals surface area contributed by atoms with Crippen molar-refractivity contribution in [2.45, 2.75) is 18.2 Å². The van der Waals surface area contributed by atoms with Crippen molar-refractivity contribution in [1.82, 2.24) is 5.32 Å². The second kappa shape index (κ2) is 8.05. The molecule has 2 atom stereocenters. The summed E-state index contributed by atoms with van der Waals surface area (Å²) in [6.07, 6.45) is 0. The van der Waals surface area contributed by atoms with Gasteiger partial charge in [-0.3, -0.25) is 0 Å². The van der Waals surface area contributed by atoms with Crippen LogP contribution in [0.5, 0.6) is 11.5 Å². The van der Waals surface area contributed by atoms with Gasteiger partial charge in [0.1, 0.15) is 11.5 Å². The second-order valence-corrected chi connectivity index (χ2v) is 7.16. The van der Waals surface area contributed by atoms with E-state index in [1.165, 1.54) is 22.8 Å². The highest BCUT2D eigenvalue weighted by molar-refractivity contribution is 8.06. The van der Waals surface area contributed by atoms with Crippen LogP contribution in [-0.4, -0.2) is 43.3 Å². The second-order valence-electron chi connectivity index (χ2n) is 4.67. The Labute approximate surface area is 130 Å². The lowest BCUT2D eigenvalue weighted by molar-refractivity contribution is 0.391. The van der Waals surface area contributed by atoms with E-state index in [9.17, 15) is 0 Å². The molecule has 1 aliphatic heterocycles. The Morgan fingerprint density at radius 2 is 1.90 bits per heavy atom. The van der Waals surface area contributed by atoms with Crippen LogP contribution in [-0.2, 0) is 0 Å².